The quantitative estimate of drug-likeness (QED) is 0.583. The van der Waals surface area contributed by atoms with Crippen LogP contribution in [0.1, 0.15) is 18.2 Å². The van der Waals surface area contributed by atoms with Crippen LogP contribution >= 0.6 is 0 Å². The third-order valence-corrected chi connectivity index (χ3v) is 6.06. The van der Waals surface area contributed by atoms with Crippen molar-refractivity contribution in [3.05, 3.63) is 65.7 Å². The number of carbonyl (C=O) groups excluding carboxylic acids is 3. The first kappa shape index (κ1) is 22.5. The van der Waals surface area contributed by atoms with E-state index < -0.39 is 18.0 Å². The highest BCUT2D eigenvalue weighted by Gasteiger charge is 2.32. The molecule has 0 radical (unpaired) electrons. The van der Waals surface area contributed by atoms with Gasteiger partial charge in [0.25, 0.3) is 0 Å². The van der Waals surface area contributed by atoms with E-state index in [4.69, 9.17) is 4.74 Å². The number of amides is 3. The van der Waals surface area contributed by atoms with Crippen LogP contribution in [0.2, 0.25) is 0 Å². The smallest absolute Gasteiger partial charge is 0.414 e. The molecule has 5 rings (SSSR count). The van der Waals surface area contributed by atoms with Crippen molar-refractivity contribution in [2.45, 2.75) is 26.0 Å². The molecule has 1 N–H and O–H groups in total. The average molecular weight is 478 g/mol. The number of hydrogen-bond acceptors (Lipinski definition) is 6. The van der Waals surface area contributed by atoms with Gasteiger partial charge in [-0.15, -0.1) is 5.10 Å². The molecule has 1 saturated heterocycles. The molecule has 2 aliphatic heterocycles. The number of benzene rings is 2. The van der Waals surface area contributed by atoms with Crippen LogP contribution in [0.4, 0.5) is 19.7 Å². The van der Waals surface area contributed by atoms with Gasteiger partial charge in [0.2, 0.25) is 5.91 Å². The van der Waals surface area contributed by atoms with E-state index in [0.29, 0.717) is 36.3 Å². The molecule has 10 nitrogen and oxygen atoms in total. The third kappa shape index (κ3) is 4.57. The molecule has 1 fully saturated rings. The zero-order chi connectivity index (χ0) is 24.5. The molecule has 180 valence electrons. The van der Waals surface area contributed by atoms with E-state index in [-0.39, 0.29) is 25.0 Å². The number of carbonyl (C=O) groups is 3. The molecule has 11 heteroatoms. The zero-order valence-electron chi connectivity index (χ0n) is 19.0. The predicted octanol–water partition coefficient (Wildman–Crippen LogP) is 2.57. The lowest BCUT2D eigenvalue weighted by molar-refractivity contribution is -0.119. The fraction of sp³-hybridized carbons (Fsp3) is 0.292. The van der Waals surface area contributed by atoms with E-state index in [0.717, 1.165) is 11.3 Å². The van der Waals surface area contributed by atoms with Crippen molar-refractivity contribution >= 4 is 23.7 Å². The molecule has 1 atom stereocenters. The van der Waals surface area contributed by atoms with Crippen LogP contribution in [0.3, 0.4) is 0 Å². The molecule has 3 amide bonds. The summed E-state index contributed by atoms with van der Waals surface area (Å²) in [7, 11) is 0. The summed E-state index contributed by atoms with van der Waals surface area (Å²) < 4.78 is 21.6. The molecule has 3 heterocycles. The van der Waals surface area contributed by atoms with Crippen molar-refractivity contribution in [2.24, 2.45) is 0 Å². The van der Waals surface area contributed by atoms with Gasteiger partial charge in [-0.2, -0.15) is 4.68 Å². The molecule has 0 unspecified atom stereocenters. The standard InChI is InChI=1S/C24H23FN6O4/c1-15(32)26-12-20-14-30(24(34)35-20)18-6-7-21(22(25)10-18)17-4-2-16(3-5-17)13-29-9-8-19-11-27-28-31(19)23(29)33/h2-7,10-11,20H,8-9,12-14H2,1H3,(H,26,32)/t20-/m0/s1. The minimum atomic E-state index is -0.581. The zero-order valence-corrected chi connectivity index (χ0v) is 19.0. The molecule has 3 aromatic rings. The average Bonchev–Trinajstić information content (AvgIpc) is 3.47. The largest absolute Gasteiger partial charge is 0.442 e. The number of rotatable bonds is 6. The normalized spacial score (nSPS) is 17.4. The van der Waals surface area contributed by atoms with Crippen LogP contribution in [0, 0.1) is 5.82 Å². The summed E-state index contributed by atoms with van der Waals surface area (Å²) in [5.74, 6) is -0.689. The molecule has 0 aliphatic carbocycles. The van der Waals surface area contributed by atoms with Crippen LogP contribution < -0.4 is 10.2 Å². The fourth-order valence-electron chi connectivity index (χ4n) is 4.23. The maximum absolute atomic E-state index is 15.0. The van der Waals surface area contributed by atoms with Gasteiger partial charge in [-0.1, -0.05) is 29.5 Å². The van der Waals surface area contributed by atoms with Gasteiger partial charge in [0, 0.05) is 32.0 Å². The number of hydrogen-bond donors (Lipinski definition) is 1. The summed E-state index contributed by atoms with van der Waals surface area (Å²) in [6.45, 7) is 2.80. The maximum Gasteiger partial charge on any atom is 0.414 e. The summed E-state index contributed by atoms with van der Waals surface area (Å²) in [5.41, 5.74) is 3.16. The Labute approximate surface area is 200 Å². The molecule has 2 aromatic carbocycles. The number of cyclic esters (lactones) is 1. The van der Waals surface area contributed by atoms with Gasteiger partial charge >= 0.3 is 12.1 Å². The lowest BCUT2D eigenvalue weighted by atomic mass is 10.0. The molecular formula is C24H23FN6O4. The van der Waals surface area contributed by atoms with Crippen molar-refractivity contribution in [3.63, 3.8) is 0 Å². The maximum atomic E-state index is 15.0. The van der Waals surface area contributed by atoms with Crippen LogP contribution in [0.15, 0.2) is 48.7 Å². The first-order chi connectivity index (χ1) is 16.9. The van der Waals surface area contributed by atoms with Crippen molar-refractivity contribution in [1.82, 2.24) is 25.2 Å². The molecule has 35 heavy (non-hydrogen) atoms. The topological polar surface area (TPSA) is 110 Å². The Morgan fingerprint density at radius 1 is 1.20 bits per heavy atom. The number of nitrogens with zero attached hydrogens (tertiary/aromatic N) is 5. The van der Waals surface area contributed by atoms with Gasteiger partial charge < -0.3 is 15.0 Å². The number of ether oxygens (including phenoxy) is 1. The van der Waals surface area contributed by atoms with Crippen molar-refractivity contribution in [1.29, 1.82) is 0 Å². The lowest BCUT2D eigenvalue weighted by Gasteiger charge is -2.26. The van der Waals surface area contributed by atoms with Gasteiger partial charge in [-0.25, -0.2) is 14.0 Å². The monoisotopic (exact) mass is 478 g/mol. The lowest BCUT2D eigenvalue weighted by Crippen LogP contribution is -2.41. The Balaban J connectivity index is 1.26. The Bertz CT molecular complexity index is 1290. The van der Waals surface area contributed by atoms with Crippen molar-refractivity contribution in [2.75, 3.05) is 24.5 Å². The molecule has 0 spiro atoms. The summed E-state index contributed by atoms with van der Waals surface area (Å²) in [6.07, 6.45) is 1.21. The van der Waals surface area contributed by atoms with Crippen LogP contribution in [0.5, 0.6) is 0 Å². The number of fused-ring (bicyclic) bond motifs is 1. The Morgan fingerprint density at radius 2 is 2.00 bits per heavy atom. The van der Waals surface area contributed by atoms with Crippen LogP contribution in [0.25, 0.3) is 11.1 Å². The highest BCUT2D eigenvalue weighted by Crippen LogP contribution is 2.29. The second-order valence-electron chi connectivity index (χ2n) is 8.51. The number of anilines is 1. The minimum absolute atomic E-state index is 0.202. The Hall–Kier alpha value is -4.28. The first-order valence-electron chi connectivity index (χ1n) is 11.2. The SMILES string of the molecule is CC(=O)NC[C@H]1CN(c2ccc(-c3ccc(CN4CCc5cnnn5C4=O)cc3)c(F)c2)C(=O)O1. The molecule has 1 aromatic heterocycles. The van der Waals surface area contributed by atoms with Gasteiger partial charge in [0.05, 0.1) is 30.7 Å². The van der Waals surface area contributed by atoms with Gasteiger partial charge in [0.15, 0.2) is 0 Å². The minimum Gasteiger partial charge on any atom is -0.442 e. The van der Waals surface area contributed by atoms with Gasteiger partial charge in [-0.3, -0.25) is 9.69 Å². The third-order valence-electron chi connectivity index (χ3n) is 6.06. The summed E-state index contributed by atoms with van der Waals surface area (Å²) in [6, 6.07) is 11.7. The molecule has 0 saturated carbocycles. The Kier molecular flexibility index (Phi) is 5.89. The van der Waals surface area contributed by atoms with Crippen LogP contribution in [-0.4, -0.2) is 63.7 Å². The number of aromatic nitrogens is 3. The molecular weight excluding hydrogens is 455 g/mol. The van der Waals surface area contributed by atoms with Gasteiger partial charge in [0.1, 0.15) is 11.9 Å². The second kappa shape index (κ2) is 9.16. The van der Waals surface area contributed by atoms with Crippen molar-refractivity contribution in [3.8, 4) is 11.1 Å². The second-order valence-corrected chi connectivity index (χ2v) is 8.51. The number of nitrogens with one attached hydrogen (secondary N) is 1. The molecule has 0 bridgehead atoms. The first-order valence-corrected chi connectivity index (χ1v) is 11.2. The van der Waals surface area contributed by atoms with E-state index in [1.165, 1.54) is 22.6 Å². The summed E-state index contributed by atoms with van der Waals surface area (Å²) in [4.78, 5) is 38.9. The van der Waals surface area contributed by atoms with E-state index in [2.05, 4.69) is 15.6 Å². The van der Waals surface area contributed by atoms with E-state index in [1.54, 1.807) is 35.4 Å². The van der Waals surface area contributed by atoms with Gasteiger partial charge in [-0.05, 0) is 29.3 Å². The molecule has 2 aliphatic rings. The van der Waals surface area contributed by atoms with Crippen LogP contribution in [-0.2, 0) is 22.5 Å². The highest BCUT2D eigenvalue weighted by atomic mass is 19.1. The Morgan fingerprint density at radius 3 is 2.74 bits per heavy atom. The van der Waals surface area contributed by atoms with E-state index in [9.17, 15) is 18.8 Å². The summed E-state index contributed by atoms with van der Waals surface area (Å²) >= 11 is 0. The summed E-state index contributed by atoms with van der Waals surface area (Å²) in [5, 5.41) is 10.2. The fourth-order valence-corrected chi connectivity index (χ4v) is 4.23. The highest BCUT2D eigenvalue weighted by molar-refractivity contribution is 5.90. The van der Waals surface area contributed by atoms with E-state index in [1.807, 2.05) is 12.1 Å². The van der Waals surface area contributed by atoms with E-state index >= 15 is 0 Å². The number of halogens is 1. The van der Waals surface area contributed by atoms with Crippen molar-refractivity contribution < 1.29 is 23.5 Å². The predicted molar refractivity (Wildman–Crippen MR) is 123 cm³/mol.